The molecule has 4 rings (SSSR count). The summed E-state index contributed by atoms with van der Waals surface area (Å²) in [6.07, 6.45) is 1.78. The number of amides is 2. The number of rotatable bonds is 2. The Morgan fingerprint density at radius 1 is 1.14 bits per heavy atom. The lowest BCUT2D eigenvalue weighted by atomic mass is 10.0. The third-order valence-corrected chi connectivity index (χ3v) is 5.65. The number of hydrogen-bond donors (Lipinski definition) is 2. The molecule has 0 bridgehead atoms. The van der Waals surface area contributed by atoms with E-state index in [2.05, 4.69) is 7.05 Å². The SMILES string of the molecule is C[NH+]1CCN(C(=O)N2CC(c3cc(F)ccc3F)=CC2c2cccc(O)c2)CC1. The topological polar surface area (TPSA) is 48.2 Å². The first kappa shape index (κ1) is 19.4. The molecule has 5 nitrogen and oxygen atoms in total. The highest BCUT2D eigenvalue weighted by Gasteiger charge is 2.35. The maximum atomic E-state index is 14.4. The Bertz CT molecular complexity index is 955. The van der Waals surface area contributed by atoms with Crippen molar-refractivity contribution in [2.45, 2.75) is 6.04 Å². The highest BCUT2D eigenvalue weighted by Crippen LogP contribution is 2.37. The minimum absolute atomic E-state index is 0.0943. The van der Waals surface area contributed by atoms with Gasteiger partial charge >= 0.3 is 6.03 Å². The first-order valence-corrected chi connectivity index (χ1v) is 9.74. The highest BCUT2D eigenvalue weighted by molar-refractivity contribution is 5.82. The maximum Gasteiger partial charge on any atom is 0.321 e. The number of nitrogens with zero attached hydrogens (tertiary/aromatic N) is 2. The van der Waals surface area contributed by atoms with Crippen molar-refractivity contribution in [3.8, 4) is 5.75 Å². The number of urea groups is 1. The first-order valence-electron chi connectivity index (χ1n) is 9.74. The van der Waals surface area contributed by atoms with Crippen LogP contribution in [0, 0.1) is 11.6 Å². The van der Waals surface area contributed by atoms with Crippen molar-refractivity contribution in [2.75, 3.05) is 39.8 Å². The molecule has 0 spiro atoms. The van der Waals surface area contributed by atoms with Gasteiger partial charge in [-0.05, 0) is 41.5 Å². The van der Waals surface area contributed by atoms with Crippen molar-refractivity contribution in [1.82, 2.24) is 9.80 Å². The van der Waals surface area contributed by atoms with Crippen LogP contribution in [0.2, 0.25) is 0 Å². The fourth-order valence-corrected chi connectivity index (χ4v) is 3.97. The minimum atomic E-state index is -0.525. The van der Waals surface area contributed by atoms with Gasteiger partial charge in [0.1, 0.15) is 17.4 Å². The molecule has 1 unspecified atom stereocenters. The number of carbonyl (C=O) groups is 1. The van der Waals surface area contributed by atoms with Crippen molar-refractivity contribution in [1.29, 1.82) is 0 Å². The zero-order valence-corrected chi connectivity index (χ0v) is 16.2. The fraction of sp³-hybridized carbons (Fsp3) is 0.318. The number of halogens is 2. The molecule has 2 amide bonds. The number of aromatic hydroxyl groups is 1. The van der Waals surface area contributed by atoms with E-state index >= 15 is 0 Å². The van der Waals surface area contributed by atoms with Gasteiger partial charge in [-0.3, -0.25) is 0 Å². The molecule has 1 fully saturated rings. The number of carbonyl (C=O) groups excluding carboxylic acids is 1. The number of quaternary nitrogens is 1. The Morgan fingerprint density at radius 3 is 2.62 bits per heavy atom. The first-order chi connectivity index (χ1) is 13.9. The number of nitrogens with one attached hydrogen (secondary N) is 1. The van der Waals surface area contributed by atoms with E-state index in [9.17, 15) is 18.7 Å². The minimum Gasteiger partial charge on any atom is -0.508 e. The van der Waals surface area contributed by atoms with Crippen LogP contribution in [0.4, 0.5) is 13.6 Å². The summed E-state index contributed by atoms with van der Waals surface area (Å²) in [5.41, 5.74) is 1.45. The van der Waals surface area contributed by atoms with E-state index in [1.165, 1.54) is 4.90 Å². The van der Waals surface area contributed by atoms with Crippen LogP contribution in [0.1, 0.15) is 17.2 Å². The van der Waals surface area contributed by atoms with Gasteiger partial charge in [0.25, 0.3) is 0 Å². The van der Waals surface area contributed by atoms with Gasteiger partial charge in [0.15, 0.2) is 0 Å². The van der Waals surface area contributed by atoms with E-state index in [1.54, 1.807) is 29.2 Å². The van der Waals surface area contributed by atoms with Crippen LogP contribution >= 0.6 is 0 Å². The van der Waals surface area contributed by atoms with Gasteiger partial charge in [0.2, 0.25) is 0 Å². The van der Waals surface area contributed by atoms with Gasteiger partial charge in [0.05, 0.1) is 39.3 Å². The van der Waals surface area contributed by atoms with E-state index in [-0.39, 0.29) is 23.9 Å². The lowest BCUT2D eigenvalue weighted by Gasteiger charge is -2.35. The smallest absolute Gasteiger partial charge is 0.321 e. The summed E-state index contributed by atoms with van der Waals surface area (Å²) in [6, 6.07) is 9.44. The van der Waals surface area contributed by atoms with Crippen LogP contribution < -0.4 is 4.90 Å². The Morgan fingerprint density at radius 2 is 1.90 bits per heavy atom. The zero-order chi connectivity index (χ0) is 20.5. The predicted octanol–water partition coefficient (Wildman–Crippen LogP) is 2.06. The van der Waals surface area contributed by atoms with Crippen molar-refractivity contribution in [3.63, 3.8) is 0 Å². The number of phenols is 1. The molecule has 1 atom stereocenters. The molecule has 2 aromatic carbocycles. The lowest BCUT2D eigenvalue weighted by molar-refractivity contribution is -0.883. The predicted molar refractivity (Wildman–Crippen MR) is 105 cm³/mol. The van der Waals surface area contributed by atoms with Crippen LogP contribution in [0.25, 0.3) is 5.57 Å². The van der Waals surface area contributed by atoms with E-state index in [4.69, 9.17) is 0 Å². The maximum absolute atomic E-state index is 14.4. The number of likely N-dealkylation sites (N-methyl/N-ethyl adjacent to an activating group) is 1. The number of benzene rings is 2. The number of piperazine rings is 1. The second-order valence-electron chi connectivity index (χ2n) is 7.71. The van der Waals surface area contributed by atoms with Crippen LogP contribution in [0.3, 0.4) is 0 Å². The molecule has 152 valence electrons. The second-order valence-corrected chi connectivity index (χ2v) is 7.71. The van der Waals surface area contributed by atoms with Gasteiger partial charge in [-0.25, -0.2) is 13.6 Å². The zero-order valence-electron chi connectivity index (χ0n) is 16.2. The van der Waals surface area contributed by atoms with Crippen molar-refractivity contribution in [2.24, 2.45) is 0 Å². The third kappa shape index (κ3) is 3.96. The Labute approximate surface area is 168 Å². The Kier molecular flexibility index (Phi) is 5.24. The molecule has 29 heavy (non-hydrogen) atoms. The molecule has 0 radical (unpaired) electrons. The van der Waals surface area contributed by atoms with Crippen LogP contribution in [-0.4, -0.2) is 60.7 Å². The van der Waals surface area contributed by atoms with Crippen molar-refractivity contribution in [3.05, 3.63) is 71.3 Å². The molecule has 2 aromatic rings. The van der Waals surface area contributed by atoms with Crippen molar-refractivity contribution < 1.29 is 23.6 Å². The Balaban J connectivity index is 1.68. The largest absolute Gasteiger partial charge is 0.508 e. The molecular weight excluding hydrogens is 376 g/mol. The molecule has 0 aliphatic carbocycles. The number of hydrogen-bond acceptors (Lipinski definition) is 2. The Hall–Kier alpha value is -2.93. The summed E-state index contributed by atoms with van der Waals surface area (Å²) in [5, 5.41) is 9.89. The molecule has 2 aliphatic rings. The van der Waals surface area contributed by atoms with E-state index < -0.39 is 17.7 Å². The average Bonchev–Trinajstić information content (AvgIpc) is 3.15. The summed E-state index contributed by atoms with van der Waals surface area (Å²) in [6.45, 7) is 3.22. The van der Waals surface area contributed by atoms with Gasteiger partial charge in [-0.15, -0.1) is 0 Å². The second kappa shape index (κ2) is 7.83. The van der Waals surface area contributed by atoms with Crippen LogP contribution in [0.15, 0.2) is 48.5 Å². The van der Waals surface area contributed by atoms with E-state index in [0.29, 0.717) is 18.7 Å². The molecule has 2 N–H and O–H groups in total. The van der Waals surface area contributed by atoms with Crippen LogP contribution in [0.5, 0.6) is 5.75 Å². The highest BCUT2D eigenvalue weighted by atomic mass is 19.1. The number of phenolic OH excluding ortho intramolecular Hbond substituents is 1. The molecule has 0 saturated carbocycles. The summed E-state index contributed by atoms with van der Waals surface area (Å²) < 4.78 is 28.1. The molecule has 1 saturated heterocycles. The van der Waals surface area contributed by atoms with Gasteiger partial charge < -0.3 is 19.8 Å². The molecular formula is C22H24F2N3O2+. The van der Waals surface area contributed by atoms with Gasteiger partial charge in [-0.2, -0.15) is 0 Å². The third-order valence-electron chi connectivity index (χ3n) is 5.65. The standard InChI is InChI=1S/C22H23F2N3O2/c1-25-7-9-26(10-8-25)22(29)27-14-16(19-13-17(23)5-6-20(19)24)12-21(27)15-3-2-4-18(28)11-15/h2-6,11-13,21,28H,7-10,14H2,1H3/p+1. The summed E-state index contributed by atoms with van der Waals surface area (Å²) in [5.74, 6) is -0.954. The average molecular weight is 400 g/mol. The molecule has 2 heterocycles. The molecule has 2 aliphatic heterocycles. The summed E-state index contributed by atoms with van der Waals surface area (Å²) >= 11 is 0. The monoisotopic (exact) mass is 400 g/mol. The summed E-state index contributed by atoms with van der Waals surface area (Å²) in [7, 11) is 2.10. The molecule has 7 heteroatoms. The van der Waals surface area contributed by atoms with E-state index in [0.717, 1.165) is 36.9 Å². The lowest BCUT2D eigenvalue weighted by Crippen LogP contribution is -3.12. The summed E-state index contributed by atoms with van der Waals surface area (Å²) in [4.78, 5) is 18.1. The normalized spacial score (nSPS) is 20.1. The molecule has 0 aromatic heterocycles. The van der Waals surface area contributed by atoms with Crippen LogP contribution in [-0.2, 0) is 0 Å². The fourth-order valence-electron chi connectivity index (χ4n) is 3.97. The van der Waals surface area contributed by atoms with Gasteiger partial charge in [0, 0.05) is 12.1 Å². The quantitative estimate of drug-likeness (QED) is 0.811. The van der Waals surface area contributed by atoms with Crippen molar-refractivity contribution >= 4 is 11.6 Å². The van der Waals surface area contributed by atoms with Gasteiger partial charge in [-0.1, -0.05) is 18.2 Å². The van der Waals surface area contributed by atoms with E-state index in [1.807, 2.05) is 11.0 Å².